The highest BCUT2D eigenvalue weighted by Gasteiger charge is 2.24. The molecule has 16 heavy (non-hydrogen) atoms. The van der Waals surface area contributed by atoms with E-state index in [-0.39, 0.29) is 17.4 Å². The maximum Gasteiger partial charge on any atom is 0.169 e. The molecule has 0 amide bonds. The fourth-order valence-electron chi connectivity index (χ4n) is 2.05. The molecule has 1 fully saturated rings. The molecule has 2 rings (SSSR count). The number of carbonyl (C=O) groups is 1. The van der Waals surface area contributed by atoms with Crippen LogP contribution in [0.25, 0.3) is 0 Å². The Hall–Kier alpha value is -1.42. The van der Waals surface area contributed by atoms with Crippen LogP contribution in [0.3, 0.4) is 0 Å². The molecule has 1 aromatic carbocycles. The number of ketones is 1. The largest absolute Gasteiger partial charge is 0.396 e. The molecule has 0 radical (unpaired) electrons. The standard InChI is InChI=1S/C12H15FN2O/c13-10-5-1-4-9(11(10)14)12(16)8-3-2-6-15-7-8/h1,4-5,8,15H,2-3,6-7,14H2. The zero-order valence-corrected chi connectivity index (χ0v) is 9.00. The molecule has 1 aliphatic rings. The highest BCUT2D eigenvalue weighted by atomic mass is 19.1. The highest BCUT2D eigenvalue weighted by Crippen LogP contribution is 2.22. The minimum atomic E-state index is -0.519. The van der Waals surface area contributed by atoms with E-state index in [1.54, 1.807) is 6.07 Å². The second-order valence-corrected chi connectivity index (χ2v) is 4.11. The molecule has 3 N–H and O–H groups in total. The maximum absolute atomic E-state index is 13.2. The Morgan fingerprint density at radius 3 is 3.00 bits per heavy atom. The summed E-state index contributed by atoms with van der Waals surface area (Å²) in [5, 5.41) is 3.16. The fourth-order valence-corrected chi connectivity index (χ4v) is 2.05. The SMILES string of the molecule is Nc1c(F)cccc1C(=O)C1CCCNC1. The average molecular weight is 222 g/mol. The summed E-state index contributed by atoms with van der Waals surface area (Å²) >= 11 is 0. The molecule has 0 spiro atoms. The first-order chi connectivity index (χ1) is 7.70. The van der Waals surface area contributed by atoms with E-state index in [1.807, 2.05) is 0 Å². The Balaban J connectivity index is 2.22. The van der Waals surface area contributed by atoms with Crippen molar-refractivity contribution in [1.29, 1.82) is 0 Å². The van der Waals surface area contributed by atoms with E-state index in [9.17, 15) is 9.18 Å². The zero-order valence-electron chi connectivity index (χ0n) is 9.00. The quantitative estimate of drug-likeness (QED) is 0.590. The minimum Gasteiger partial charge on any atom is -0.396 e. The van der Waals surface area contributed by atoms with Gasteiger partial charge < -0.3 is 11.1 Å². The van der Waals surface area contributed by atoms with Crippen molar-refractivity contribution in [2.45, 2.75) is 12.8 Å². The third-order valence-electron chi connectivity index (χ3n) is 2.99. The van der Waals surface area contributed by atoms with Crippen LogP contribution < -0.4 is 11.1 Å². The first kappa shape index (κ1) is 11.1. The Kier molecular flexibility index (Phi) is 3.19. The number of nitrogens with two attached hydrogens (primary N) is 1. The molecule has 3 nitrogen and oxygen atoms in total. The van der Waals surface area contributed by atoms with Gasteiger partial charge in [-0.25, -0.2) is 4.39 Å². The van der Waals surface area contributed by atoms with E-state index >= 15 is 0 Å². The van der Waals surface area contributed by atoms with Crippen LogP contribution in [0.5, 0.6) is 0 Å². The summed E-state index contributed by atoms with van der Waals surface area (Å²) in [6.45, 7) is 1.61. The first-order valence-electron chi connectivity index (χ1n) is 5.49. The lowest BCUT2D eigenvalue weighted by Gasteiger charge is -2.22. The van der Waals surface area contributed by atoms with E-state index < -0.39 is 5.82 Å². The molecule has 1 heterocycles. The van der Waals surface area contributed by atoms with Crippen molar-refractivity contribution in [2.24, 2.45) is 5.92 Å². The molecular formula is C12H15FN2O. The summed E-state index contributed by atoms with van der Waals surface area (Å²) in [6.07, 6.45) is 1.83. The van der Waals surface area contributed by atoms with Gasteiger partial charge in [0, 0.05) is 18.0 Å². The molecule has 1 unspecified atom stereocenters. The van der Waals surface area contributed by atoms with Gasteiger partial charge in [0.1, 0.15) is 5.82 Å². The number of rotatable bonds is 2. The fraction of sp³-hybridized carbons (Fsp3) is 0.417. The molecule has 0 aliphatic carbocycles. The molecule has 0 aromatic heterocycles. The summed E-state index contributed by atoms with van der Waals surface area (Å²) in [7, 11) is 0. The normalized spacial score (nSPS) is 20.7. The third-order valence-corrected chi connectivity index (χ3v) is 2.99. The van der Waals surface area contributed by atoms with Gasteiger partial charge in [0.05, 0.1) is 5.69 Å². The van der Waals surface area contributed by atoms with Crippen LogP contribution in [0, 0.1) is 11.7 Å². The van der Waals surface area contributed by atoms with E-state index in [1.165, 1.54) is 12.1 Å². The number of benzene rings is 1. The first-order valence-corrected chi connectivity index (χ1v) is 5.49. The molecular weight excluding hydrogens is 207 g/mol. The summed E-state index contributed by atoms with van der Waals surface area (Å²) < 4.78 is 13.2. The molecule has 0 bridgehead atoms. The van der Waals surface area contributed by atoms with E-state index in [4.69, 9.17) is 5.73 Å². The predicted molar refractivity (Wildman–Crippen MR) is 60.7 cm³/mol. The van der Waals surface area contributed by atoms with Crippen LogP contribution in [-0.4, -0.2) is 18.9 Å². The lowest BCUT2D eigenvalue weighted by atomic mass is 9.90. The van der Waals surface area contributed by atoms with Gasteiger partial charge in [0.25, 0.3) is 0 Å². The van der Waals surface area contributed by atoms with Crippen molar-refractivity contribution in [3.63, 3.8) is 0 Å². The van der Waals surface area contributed by atoms with Gasteiger partial charge in [-0.15, -0.1) is 0 Å². The van der Waals surface area contributed by atoms with Gasteiger partial charge in [0.2, 0.25) is 0 Å². The molecule has 0 saturated carbocycles. The highest BCUT2D eigenvalue weighted by molar-refractivity contribution is 6.02. The maximum atomic E-state index is 13.2. The van der Waals surface area contributed by atoms with Gasteiger partial charge in [0.15, 0.2) is 5.78 Å². The molecule has 1 aromatic rings. The minimum absolute atomic E-state index is 0.0296. The van der Waals surface area contributed by atoms with Crippen LogP contribution in [0.2, 0.25) is 0 Å². The number of hydrogen-bond acceptors (Lipinski definition) is 3. The Morgan fingerprint density at radius 1 is 1.50 bits per heavy atom. The number of halogens is 1. The summed E-state index contributed by atoms with van der Waals surface area (Å²) in [6, 6.07) is 4.38. The van der Waals surface area contributed by atoms with Crippen LogP contribution in [-0.2, 0) is 0 Å². The molecule has 1 saturated heterocycles. The average Bonchev–Trinajstić information content (AvgIpc) is 2.33. The third kappa shape index (κ3) is 2.07. The Morgan fingerprint density at radius 2 is 2.31 bits per heavy atom. The smallest absolute Gasteiger partial charge is 0.169 e. The van der Waals surface area contributed by atoms with Crippen molar-refractivity contribution in [2.75, 3.05) is 18.8 Å². The lowest BCUT2D eigenvalue weighted by molar-refractivity contribution is 0.0900. The van der Waals surface area contributed by atoms with Crippen LogP contribution in [0.1, 0.15) is 23.2 Å². The van der Waals surface area contributed by atoms with Gasteiger partial charge in [-0.2, -0.15) is 0 Å². The van der Waals surface area contributed by atoms with Gasteiger partial charge in [-0.05, 0) is 31.5 Å². The number of nitrogens with one attached hydrogen (secondary N) is 1. The van der Waals surface area contributed by atoms with Gasteiger partial charge in [-0.1, -0.05) is 6.07 Å². The lowest BCUT2D eigenvalue weighted by Crippen LogP contribution is -2.34. The predicted octanol–water partition coefficient (Wildman–Crippen LogP) is 1.59. The van der Waals surface area contributed by atoms with Gasteiger partial charge >= 0.3 is 0 Å². The monoisotopic (exact) mass is 222 g/mol. The molecule has 4 heteroatoms. The van der Waals surface area contributed by atoms with Crippen molar-refractivity contribution < 1.29 is 9.18 Å². The van der Waals surface area contributed by atoms with Crippen LogP contribution >= 0.6 is 0 Å². The topological polar surface area (TPSA) is 55.1 Å². The Bertz CT molecular complexity index is 400. The molecule has 1 aliphatic heterocycles. The number of piperidine rings is 1. The number of anilines is 1. The van der Waals surface area contributed by atoms with Crippen molar-refractivity contribution in [3.8, 4) is 0 Å². The number of carbonyl (C=O) groups excluding carboxylic acids is 1. The summed E-state index contributed by atoms with van der Waals surface area (Å²) in [5.74, 6) is -0.642. The van der Waals surface area contributed by atoms with Crippen molar-refractivity contribution in [3.05, 3.63) is 29.6 Å². The van der Waals surface area contributed by atoms with E-state index in [0.29, 0.717) is 12.1 Å². The number of nitrogen functional groups attached to an aromatic ring is 1. The molecule has 1 atom stereocenters. The Labute approximate surface area is 93.8 Å². The summed E-state index contributed by atoms with van der Waals surface area (Å²) in [5.41, 5.74) is 5.86. The van der Waals surface area contributed by atoms with Crippen LogP contribution in [0.15, 0.2) is 18.2 Å². The summed E-state index contributed by atoms with van der Waals surface area (Å²) in [4.78, 5) is 12.1. The van der Waals surface area contributed by atoms with Crippen LogP contribution in [0.4, 0.5) is 10.1 Å². The van der Waals surface area contributed by atoms with E-state index in [2.05, 4.69) is 5.32 Å². The van der Waals surface area contributed by atoms with Crippen molar-refractivity contribution in [1.82, 2.24) is 5.32 Å². The molecule has 86 valence electrons. The second kappa shape index (κ2) is 4.61. The zero-order chi connectivity index (χ0) is 11.5. The van der Waals surface area contributed by atoms with E-state index in [0.717, 1.165) is 19.4 Å². The van der Waals surface area contributed by atoms with Gasteiger partial charge in [-0.3, -0.25) is 4.79 Å². The number of para-hydroxylation sites is 1. The second-order valence-electron chi connectivity index (χ2n) is 4.11. The van der Waals surface area contributed by atoms with Crippen molar-refractivity contribution >= 4 is 11.5 Å². The number of hydrogen-bond donors (Lipinski definition) is 2. The number of Topliss-reactive ketones (excluding diaryl/α,β-unsaturated/α-hetero) is 1.